The molecule has 1 atom stereocenters. The maximum atomic E-state index is 2.16. The smallest absolute Gasteiger partial charge is 0.100 e. The number of hydrogen-bond donors (Lipinski definition) is 1. The van der Waals surface area contributed by atoms with Crippen LogP contribution in [0.25, 0.3) is 0 Å². The molecule has 0 aromatic carbocycles. The van der Waals surface area contributed by atoms with Gasteiger partial charge >= 0.3 is 0 Å². The van der Waals surface area contributed by atoms with E-state index in [2.05, 4.69) is 31.5 Å². The molecule has 0 saturated carbocycles. The van der Waals surface area contributed by atoms with Gasteiger partial charge in [0.2, 0.25) is 0 Å². The predicted molar refractivity (Wildman–Crippen MR) is 30.0 cm³/mol. The van der Waals surface area contributed by atoms with Crippen LogP contribution in [-0.2, 0) is 0 Å². The summed E-state index contributed by atoms with van der Waals surface area (Å²) in [6, 6.07) is 0. The summed E-state index contributed by atoms with van der Waals surface area (Å²) in [5.41, 5.74) is 0. The van der Waals surface area contributed by atoms with Crippen LogP contribution in [-0.4, -0.2) is 13.6 Å². The van der Waals surface area contributed by atoms with E-state index >= 15 is 0 Å². The number of rotatable bonds is 0. The van der Waals surface area contributed by atoms with E-state index < -0.39 is 0 Å². The van der Waals surface area contributed by atoms with Crippen molar-refractivity contribution in [3.8, 4) is 0 Å². The van der Waals surface area contributed by atoms with Crippen LogP contribution in [0.2, 0.25) is 0 Å². The molecule has 1 rings (SSSR count). The van der Waals surface area contributed by atoms with Gasteiger partial charge in [-0.1, -0.05) is 6.08 Å². The second kappa shape index (κ2) is 4.09. The minimum Gasteiger partial charge on any atom is -1.00 e. The first-order valence-corrected chi connectivity index (χ1v) is 2.55. The fourth-order valence-electron chi connectivity index (χ4n) is 0.620. The van der Waals surface area contributed by atoms with E-state index in [4.69, 9.17) is 0 Å². The molecule has 8 heavy (non-hydrogen) atoms. The van der Waals surface area contributed by atoms with Gasteiger partial charge in [-0.25, -0.2) is 0 Å². The molecule has 1 nitrogen and oxygen atoms in total. The van der Waals surface area contributed by atoms with Gasteiger partial charge in [0, 0.05) is 0 Å². The summed E-state index contributed by atoms with van der Waals surface area (Å²) in [5, 5.41) is 0. The summed E-state index contributed by atoms with van der Waals surface area (Å²) in [4.78, 5) is 1.45. The van der Waals surface area contributed by atoms with Crippen LogP contribution in [0.4, 0.5) is 0 Å². The molecule has 0 saturated heterocycles. The lowest BCUT2D eigenvalue weighted by molar-refractivity contribution is -0.818. The normalized spacial score (nSPS) is 24.9. The summed E-state index contributed by atoms with van der Waals surface area (Å²) in [7, 11) is 2.14. The fraction of sp³-hybridized carbons (Fsp3) is 0.333. The number of halogens is 1. The summed E-state index contributed by atoms with van der Waals surface area (Å²) in [6.07, 6.45) is 8.45. The van der Waals surface area contributed by atoms with Crippen molar-refractivity contribution in [2.75, 3.05) is 13.6 Å². The molecule has 1 unspecified atom stereocenters. The maximum absolute atomic E-state index is 2.16. The Bertz CT molecular complexity index is 107. The van der Waals surface area contributed by atoms with Gasteiger partial charge < -0.3 is 28.9 Å². The average molecular weight is 223 g/mol. The van der Waals surface area contributed by atoms with Crippen molar-refractivity contribution in [2.24, 2.45) is 0 Å². The molecule has 1 aliphatic rings. The Morgan fingerprint density at radius 3 is 2.38 bits per heavy atom. The van der Waals surface area contributed by atoms with Gasteiger partial charge in [-0.15, -0.1) is 0 Å². The summed E-state index contributed by atoms with van der Waals surface area (Å²) in [5.74, 6) is 0. The Labute approximate surface area is 67.1 Å². The van der Waals surface area contributed by atoms with Gasteiger partial charge in [-0.3, -0.25) is 0 Å². The van der Waals surface area contributed by atoms with E-state index in [0.717, 1.165) is 6.54 Å². The first kappa shape index (κ1) is 8.17. The van der Waals surface area contributed by atoms with Crippen molar-refractivity contribution in [2.45, 2.75) is 0 Å². The van der Waals surface area contributed by atoms with Gasteiger partial charge in [-0.05, 0) is 12.2 Å². The molecular formula is C6H10IN. The number of nitrogens with one attached hydrogen (secondary N) is 1. The predicted octanol–water partition coefficient (Wildman–Crippen LogP) is -3.41. The molecule has 0 radical (unpaired) electrons. The highest BCUT2D eigenvalue weighted by Crippen LogP contribution is 1.73. The van der Waals surface area contributed by atoms with Crippen molar-refractivity contribution in [1.82, 2.24) is 0 Å². The van der Waals surface area contributed by atoms with Crippen LogP contribution < -0.4 is 28.9 Å². The van der Waals surface area contributed by atoms with E-state index in [-0.39, 0.29) is 24.0 Å². The molecular weight excluding hydrogens is 213 g/mol. The lowest BCUT2D eigenvalue weighted by atomic mass is 10.4. The van der Waals surface area contributed by atoms with Gasteiger partial charge in [-0.2, -0.15) is 0 Å². The number of allylic oxidation sites excluding steroid dienone is 2. The molecule has 46 valence electrons. The monoisotopic (exact) mass is 223 g/mol. The van der Waals surface area contributed by atoms with E-state index in [1.165, 1.54) is 4.90 Å². The van der Waals surface area contributed by atoms with Gasteiger partial charge in [0.25, 0.3) is 0 Å². The van der Waals surface area contributed by atoms with Gasteiger partial charge in [0.1, 0.15) is 6.54 Å². The Morgan fingerprint density at radius 2 is 2.12 bits per heavy atom. The third kappa shape index (κ3) is 2.47. The molecule has 0 aromatic heterocycles. The van der Waals surface area contributed by atoms with E-state index in [1.54, 1.807) is 0 Å². The Balaban J connectivity index is 0.000000490. The zero-order chi connectivity index (χ0) is 5.11. The van der Waals surface area contributed by atoms with Crippen molar-refractivity contribution >= 4 is 0 Å². The molecule has 0 fully saturated rings. The second-order valence-electron chi connectivity index (χ2n) is 1.84. The fourth-order valence-corrected chi connectivity index (χ4v) is 0.620. The molecule has 1 heterocycles. The molecule has 0 amide bonds. The first-order chi connectivity index (χ1) is 3.39. The summed E-state index contributed by atoms with van der Waals surface area (Å²) >= 11 is 0. The SMILES string of the molecule is C[NH+]1C=CC=CC1.[I-]. The average Bonchev–Trinajstić information content (AvgIpc) is 1.69. The largest absolute Gasteiger partial charge is 1.00 e. The highest BCUT2D eigenvalue weighted by atomic mass is 127. The third-order valence-corrected chi connectivity index (χ3v) is 1.07. The zero-order valence-electron chi connectivity index (χ0n) is 4.89. The van der Waals surface area contributed by atoms with Crippen molar-refractivity contribution in [3.63, 3.8) is 0 Å². The number of quaternary nitrogens is 1. The molecule has 0 aromatic rings. The lowest BCUT2D eigenvalue weighted by Crippen LogP contribution is -3.04. The topological polar surface area (TPSA) is 4.44 Å². The Morgan fingerprint density at radius 1 is 1.38 bits per heavy atom. The van der Waals surface area contributed by atoms with E-state index in [1.807, 2.05) is 0 Å². The standard InChI is InChI=1S/C6H9N.HI/c1-7-5-3-2-4-6-7;/h2-5H,6H2,1H3;1H. The van der Waals surface area contributed by atoms with Crippen LogP contribution in [0.5, 0.6) is 0 Å². The van der Waals surface area contributed by atoms with Crippen molar-refractivity contribution < 1.29 is 28.9 Å². The minimum atomic E-state index is 0. The highest BCUT2D eigenvalue weighted by molar-refractivity contribution is 5.01. The Hall–Kier alpha value is 0.170. The third-order valence-electron chi connectivity index (χ3n) is 1.07. The molecule has 1 aliphatic heterocycles. The number of likely N-dealkylation sites (N-methyl/N-ethyl adjacent to an activating group) is 1. The molecule has 0 spiro atoms. The van der Waals surface area contributed by atoms with Crippen molar-refractivity contribution in [1.29, 1.82) is 0 Å². The molecule has 1 N–H and O–H groups in total. The van der Waals surface area contributed by atoms with E-state index in [9.17, 15) is 0 Å². The summed E-state index contributed by atoms with van der Waals surface area (Å²) in [6.45, 7) is 1.14. The summed E-state index contributed by atoms with van der Waals surface area (Å²) < 4.78 is 0. The molecule has 0 aliphatic carbocycles. The minimum absolute atomic E-state index is 0. The van der Waals surface area contributed by atoms with Crippen molar-refractivity contribution in [3.05, 3.63) is 24.4 Å². The van der Waals surface area contributed by atoms with Gasteiger partial charge in [0.05, 0.1) is 13.2 Å². The lowest BCUT2D eigenvalue weighted by Gasteiger charge is -2.05. The zero-order valence-corrected chi connectivity index (χ0v) is 7.05. The number of hydrogen-bond acceptors (Lipinski definition) is 0. The molecule has 2 heteroatoms. The van der Waals surface area contributed by atoms with Crippen LogP contribution in [0.15, 0.2) is 24.4 Å². The molecule has 0 bridgehead atoms. The maximum Gasteiger partial charge on any atom is 0.100 e. The van der Waals surface area contributed by atoms with Crippen LogP contribution in [0, 0.1) is 0 Å². The van der Waals surface area contributed by atoms with Crippen LogP contribution in [0.3, 0.4) is 0 Å². The quantitative estimate of drug-likeness (QED) is 0.408. The highest BCUT2D eigenvalue weighted by Gasteiger charge is 1.92. The van der Waals surface area contributed by atoms with E-state index in [0.29, 0.717) is 0 Å². The first-order valence-electron chi connectivity index (χ1n) is 2.55. The Kier molecular flexibility index (Phi) is 4.18. The second-order valence-corrected chi connectivity index (χ2v) is 1.84. The van der Waals surface area contributed by atoms with Crippen LogP contribution in [0.1, 0.15) is 0 Å². The van der Waals surface area contributed by atoms with Gasteiger partial charge in [0.15, 0.2) is 0 Å². The van der Waals surface area contributed by atoms with Crippen LogP contribution >= 0.6 is 0 Å².